The Hall–Kier alpha value is -3.42. The second-order valence-corrected chi connectivity index (χ2v) is 6.10. The number of hydrogen-bond donors (Lipinski definition) is 1. The topological polar surface area (TPSA) is 74.5 Å². The normalized spacial score (nSPS) is 14.3. The van der Waals surface area contributed by atoms with Crippen molar-refractivity contribution in [1.29, 1.82) is 0 Å². The molecule has 1 saturated heterocycles. The molecule has 8 heteroatoms. The highest BCUT2D eigenvalue weighted by Crippen LogP contribution is 2.20. The van der Waals surface area contributed by atoms with Gasteiger partial charge in [-0.3, -0.25) is 4.79 Å². The van der Waals surface area contributed by atoms with Crippen molar-refractivity contribution in [2.45, 2.75) is 0 Å². The Morgan fingerprint density at radius 1 is 1.07 bits per heavy atom. The number of nitrogens with one attached hydrogen (secondary N) is 1. The molecule has 1 amide bonds. The Bertz CT molecular complexity index is 923. The van der Waals surface area contributed by atoms with E-state index < -0.39 is 0 Å². The maximum atomic E-state index is 13.8. The van der Waals surface area contributed by atoms with E-state index in [0.717, 1.165) is 5.82 Å². The molecule has 27 heavy (non-hydrogen) atoms. The third-order valence-electron chi connectivity index (χ3n) is 4.38. The minimum atomic E-state index is -0.364. The second-order valence-electron chi connectivity index (χ2n) is 6.10. The van der Waals surface area contributed by atoms with Gasteiger partial charge in [0.1, 0.15) is 11.6 Å². The lowest BCUT2D eigenvalue weighted by Gasteiger charge is -2.35. The standard InChI is InChI=1S/C19H18FN5O2/c20-14-4-1-2-5-15(14)22-19-21-8-7-17(23-19)24-9-11-25(12-10-24)18(26)16-6-3-13-27-16/h1-8,13H,9-12H2,(H,21,22,23). The molecule has 1 aromatic carbocycles. The molecule has 0 atom stereocenters. The number of furan rings is 1. The first kappa shape index (κ1) is 17.0. The average Bonchev–Trinajstić information content (AvgIpc) is 3.24. The van der Waals surface area contributed by atoms with Crippen LogP contribution in [0.4, 0.5) is 21.8 Å². The number of amides is 1. The molecular formula is C19H18FN5O2. The lowest BCUT2D eigenvalue weighted by Crippen LogP contribution is -2.49. The number of hydrogen-bond acceptors (Lipinski definition) is 6. The van der Waals surface area contributed by atoms with Crippen LogP contribution in [0.1, 0.15) is 10.6 Å². The van der Waals surface area contributed by atoms with E-state index in [1.54, 1.807) is 47.5 Å². The molecule has 0 radical (unpaired) electrons. The molecule has 3 aromatic rings. The van der Waals surface area contributed by atoms with Crippen LogP contribution in [-0.4, -0.2) is 47.0 Å². The van der Waals surface area contributed by atoms with Crippen LogP contribution < -0.4 is 10.2 Å². The first-order valence-electron chi connectivity index (χ1n) is 8.63. The molecule has 138 valence electrons. The van der Waals surface area contributed by atoms with Crippen molar-refractivity contribution < 1.29 is 13.6 Å². The van der Waals surface area contributed by atoms with E-state index in [0.29, 0.717) is 43.6 Å². The molecule has 7 nitrogen and oxygen atoms in total. The summed E-state index contributed by atoms with van der Waals surface area (Å²) in [7, 11) is 0. The largest absolute Gasteiger partial charge is 0.459 e. The van der Waals surface area contributed by atoms with Crippen LogP contribution in [0.5, 0.6) is 0 Å². The Morgan fingerprint density at radius 3 is 2.63 bits per heavy atom. The number of carbonyl (C=O) groups is 1. The predicted molar refractivity (Wildman–Crippen MR) is 98.5 cm³/mol. The van der Waals surface area contributed by atoms with E-state index >= 15 is 0 Å². The monoisotopic (exact) mass is 367 g/mol. The number of carbonyl (C=O) groups excluding carboxylic acids is 1. The third-order valence-corrected chi connectivity index (χ3v) is 4.38. The van der Waals surface area contributed by atoms with Gasteiger partial charge in [-0.1, -0.05) is 12.1 Å². The zero-order valence-corrected chi connectivity index (χ0v) is 14.5. The van der Waals surface area contributed by atoms with Crippen molar-refractivity contribution in [3.63, 3.8) is 0 Å². The van der Waals surface area contributed by atoms with E-state index in [-0.39, 0.29) is 11.7 Å². The number of para-hydroxylation sites is 1. The van der Waals surface area contributed by atoms with E-state index in [1.165, 1.54) is 12.3 Å². The molecule has 0 bridgehead atoms. The second kappa shape index (κ2) is 7.45. The Morgan fingerprint density at radius 2 is 1.89 bits per heavy atom. The lowest BCUT2D eigenvalue weighted by molar-refractivity contribution is 0.0714. The molecular weight excluding hydrogens is 349 g/mol. The number of piperazine rings is 1. The smallest absolute Gasteiger partial charge is 0.289 e. The van der Waals surface area contributed by atoms with E-state index in [1.807, 2.05) is 0 Å². The van der Waals surface area contributed by atoms with Gasteiger partial charge in [-0.15, -0.1) is 0 Å². The quantitative estimate of drug-likeness (QED) is 0.764. The van der Waals surface area contributed by atoms with Crippen molar-refractivity contribution in [3.8, 4) is 0 Å². The molecule has 1 aliphatic rings. The van der Waals surface area contributed by atoms with Crippen LogP contribution in [0.2, 0.25) is 0 Å². The Labute approximate surface area is 155 Å². The molecule has 0 aliphatic carbocycles. The van der Waals surface area contributed by atoms with Crippen LogP contribution in [0.25, 0.3) is 0 Å². The molecule has 1 N–H and O–H groups in total. The first-order chi connectivity index (χ1) is 13.2. The predicted octanol–water partition coefficient (Wildman–Crippen LogP) is 2.91. The minimum Gasteiger partial charge on any atom is -0.459 e. The van der Waals surface area contributed by atoms with Crippen LogP contribution in [-0.2, 0) is 0 Å². The molecule has 1 fully saturated rings. The summed E-state index contributed by atoms with van der Waals surface area (Å²) in [6, 6.07) is 11.5. The number of nitrogens with zero attached hydrogens (tertiary/aromatic N) is 4. The highest BCUT2D eigenvalue weighted by molar-refractivity contribution is 5.91. The zero-order valence-electron chi connectivity index (χ0n) is 14.5. The van der Waals surface area contributed by atoms with E-state index in [2.05, 4.69) is 20.2 Å². The molecule has 1 aliphatic heterocycles. The van der Waals surface area contributed by atoms with Crippen LogP contribution in [0, 0.1) is 5.82 Å². The molecule has 0 spiro atoms. The fraction of sp³-hybridized carbons (Fsp3) is 0.211. The van der Waals surface area contributed by atoms with Crippen molar-refractivity contribution in [2.75, 3.05) is 36.4 Å². The van der Waals surface area contributed by atoms with Crippen LogP contribution in [0.15, 0.2) is 59.3 Å². The Balaban J connectivity index is 1.41. The number of aromatic nitrogens is 2. The van der Waals surface area contributed by atoms with Crippen molar-refractivity contribution in [3.05, 3.63) is 66.5 Å². The van der Waals surface area contributed by atoms with Gasteiger partial charge in [0, 0.05) is 32.4 Å². The summed E-state index contributed by atoms with van der Waals surface area (Å²) < 4.78 is 19.0. The van der Waals surface area contributed by atoms with Gasteiger partial charge in [-0.2, -0.15) is 4.98 Å². The summed E-state index contributed by atoms with van der Waals surface area (Å²) >= 11 is 0. The SMILES string of the molecule is O=C(c1ccco1)N1CCN(c2ccnc(Nc3ccccc3F)n2)CC1. The van der Waals surface area contributed by atoms with E-state index in [9.17, 15) is 9.18 Å². The van der Waals surface area contributed by atoms with Crippen LogP contribution >= 0.6 is 0 Å². The molecule has 0 unspecified atom stereocenters. The average molecular weight is 367 g/mol. The minimum absolute atomic E-state index is 0.107. The molecule has 2 aromatic heterocycles. The lowest BCUT2D eigenvalue weighted by atomic mass is 10.3. The van der Waals surface area contributed by atoms with Gasteiger partial charge in [0.05, 0.1) is 12.0 Å². The van der Waals surface area contributed by atoms with Gasteiger partial charge in [-0.25, -0.2) is 9.37 Å². The summed E-state index contributed by atoms with van der Waals surface area (Å²) in [5.74, 6) is 0.934. The first-order valence-corrected chi connectivity index (χ1v) is 8.63. The molecule has 0 saturated carbocycles. The van der Waals surface area contributed by atoms with Crippen LogP contribution in [0.3, 0.4) is 0 Å². The van der Waals surface area contributed by atoms with Gasteiger partial charge >= 0.3 is 0 Å². The van der Waals surface area contributed by atoms with E-state index in [4.69, 9.17) is 4.42 Å². The summed E-state index contributed by atoms with van der Waals surface area (Å²) in [6.07, 6.45) is 3.13. The number of anilines is 3. The third kappa shape index (κ3) is 3.74. The number of rotatable bonds is 4. The zero-order chi connectivity index (χ0) is 18.6. The molecule has 4 rings (SSSR count). The van der Waals surface area contributed by atoms with Crippen molar-refractivity contribution in [1.82, 2.24) is 14.9 Å². The molecule has 3 heterocycles. The summed E-state index contributed by atoms with van der Waals surface area (Å²) in [6.45, 7) is 2.42. The fourth-order valence-electron chi connectivity index (χ4n) is 2.96. The maximum absolute atomic E-state index is 13.8. The summed E-state index contributed by atoms with van der Waals surface area (Å²) in [4.78, 5) is 24.8. The van der Waals surface area contributed by atoms with Gasteiger partial charge < -0.3 is 19.5 Å². The number of halogens is 1. The highest BCUT2D eigenvalue weighted by atomic mass is 19.1. The summed E-state index contributed by atoms with van der Waals surface area (Å²) in [5, 5.41) is 2.90. The van der Waals surface area contributed by atoms with Gasteiger partial charge in [0.2, 0.25) is 5.95 Å². The van der Waals surface area contributed by atoms with Gasteiger partial charge in [0.15, 0.2) is 5.76 Å². The highest BCUT2D eigenvalue weighted by Gasteiger charge is 2.24. The summed E-state index contributed by atoms with van der Waals surface area (Å²) in [5.41, 5.74) is 0.323. The fourth-order valence-corrected chi connectivity index (χ4v) is 2.96. The van der Waals surface area contributed by atoms with Gasteiger partial charge in [-0.05, 0) is 30.3 Å². The van der Waals surface area contributed by atoms with Crippen molar-refractivity contribution >= 4 is 23.4 Å². The Kier molecular flexibility index (Phi) is 4.69. The van der Waals surface area contributed by atoms with Gasteiger partial charge in [0.25, 0.3) is 5.91 Å². The number of benzene rings is 1. The maximum Gasteiger partial charge on any atom is 0.289 e. The van der Waals surface area contributed by atoms with Crippen molar-refractivity contribution in [2.24, 2.45) is 0 Å².